The average molecular weight is 543 g/mol. The molecular weight excluding hydrogens is 510 g/mol. The number of aromatic nitrogens is 6. The average Bonchev–Trinajstić information content (AvgIpc) is 3.81. The van der Waals surface area contributed by atoms with Crippen molar-refractivity contribution in [3.63, 3.8) is 0 Å². The Bertz CT molecular complexity index is 1360. The standard InChI is InChI=1S/C26H32F2N8O3/c1-14(2)36-19(8-10-30-36)25(38)33-23(22(15-3-4-15)16-5-6-16)26(39)32-17-12-31-35(13-17)20(11-21(27)28)18-7-9-29-34-24(18)37/h7-10,12-16,20-23H,3-6,11H2,1-2H3,(H,32,39)(H,33,38)(H,34,37)/t20?,23-/m0/s1. The summed E-state index contributed by atoms with van der Waals surface area (Å²) in [7, 11) is 0. The molecule has 0 aliphatic heterocycles. The van der Waals surface area contributed by atoms with E-state index in [4.69, 9.17) is 0 Å². The summed E-state index contributed by atoms with van der Waals surface area (Å²) in [6.07, 6.45) is 6.35. The Morgan fingerprint density at radius 2 is 1.82 bits per heavy atom. The van der Waals surface area contributed by atoms with E-state index in [0.29, 0.717) is 17.5 Å². The van der Waals surface area contributed by atoms with Gasteiger partial charge in [-0.1, -0.05) is 0 Å². The van der Waals surface area contributed by atoms with Gasteiger partial charge in [-0.2, -0.15) is 15.3 Å². The number of nitrogens with one attached hydrogen (secondary N) is 3. The maximum atomic E-state index is 13.7. The van der Waals surface area contributed by atoms with Crippen molar-refractivity contribution in [2.45, 2.75) is 70.5 Å². The van der Waals surface area contributed by atoms with Gasteiger partial charge < -0.3 is 10.6 Å². The first kappa shape index (κ1) is 26.7. The van der Waals surface area contributed by atoms with Crippen LogP contribution in [0, 0.1) is 17.8 Å². The molecule has 2 atom stereocenters. The van der Waals surface area contributed by atoms with Crippen molar-refractivity contribution in [1.29, 1.82) is 0 Å². The first-order chi connectivity index (χ1) is 18.7. The number of hydrogen-bond acceptors (Lipinski definition) is 6. The lowest BCUT2D eigenvalue weighted by Crippen LogP contribution is -2.50. The molecule has 2 saturated carbocycles. The van der Waals surface area contributed by atoms with Gasteiger partial charge >= 0.3 is 0 Å². The van der Waals surface area contributed by atoms with Crippen LogP contribution < -0.4 is 16.2 Å². The molecule has 2 aliphatic carbocycles. The van der Waals surface area contributed by atoms with Crippen LogP contribution in [0.4, 0.5) is 14.5 Å². The molecule has 3 aromatic rings. The van der Waals surface area contributed by atoms with Crippen molar-refractivity contribution in [3.8, 4) is 0 Å². The molecule has 13 heteroatoms. The Morgan fingerprint density at radius 1 is 1.10 bits per heavy atom. The number of anilines is 1. The van der Waals surface area contributed by atoms with Gasteiger partial charge in [0.15, 0.2) is 0 Å². The molecule has 3 heterocycles. The summed E-state index contributed by atoms with van der Waals surface area (Å²) in [5, 5.41) is 20.1. The van der Waals surface area contributed by atoms with Crippen molar-refractivity contribution in [1.82, 2.24) is 35.1 Å². The number of H-pyrrole nitrogens is 1. The van der Waals surface area contributed by atoms with Gasteiger partial charge in [-0.25, -0.2) is 13.9 Å². The Morgan fingerprint density at radius 3 is 2.44 bits per heavy atom. The Kier molecular flexibility index (Phi) is 7.58. The molecule has 2 aliphatic rings. The predicted octanol–water partition coefficient (Wildman–Crippen LogP) is 3.16. The molecule has 39 heavy (non-hydrogen) atoms. The maximum absolute atomic E-state index is 13.7. The third-order valence-electron chi connectivity index (χ3n) is 7.38. The van der Waals surface area contributed by atoms with Crippen molar-refractivity contribution >= 4 is 17.5 Å². The molecule has 2 fully saturated rings. The van der Waals surface area contributed by atoms with Crippen LogP contribution in [0.5, 0.6) is 0 Å². The Balaban J connectivity index is 1.38. The molecule has 5 rings (SSSR count). The number of aromatic amines is 1. The van der Waals surface area contributed by atoms with Gasteiger partial charge in [0.05, 0.1) is 17.9 Å². The summed E-state index contributed by atoms with van der Waals surface area (Å²) >= 11 is 0. The van der Waals surface area contributed by atoms with Gasteiger partial charge in [-0.05, 0) is 69.4 Å². The normalized spacial score (nSPS) is 17.0. The topological polar surface area (TPSA) is 140 Å². The molecule has 2 amide bonds. The van der Waals surface area contributed by atoms with Crippen molar-refractivity contribution in [2.24, 2.45) is 17.8 Å². The lowest BCUT2D eigenvalue weighted by molar-refractivity contribution is -0.119. The summed E-state index contributed by atoms with van der Waals surface area (Å²) in [6.45, 7) is 3.84. The van der Waals surface area contributed by atoms with Crippen LogP contribution in [0.2, 0.25) is 0 Å². The summed E-state index contributed by atoms with van der Waals surface area (Å²) in [6, 6.07) is 1.13. The zero-order valence-electron chi connectivity index (χ0n) is 21.8. The minimum atomic E-state index is -2.69. The van der Waals surface area contributed by atoms with Crippen LogP contribution in [0.15, 0.2) is 41.7 Å². The highest BCUT2D eigenvalue weighted by Gasteiger charge is 2.48. The molecule has 11 nitrogen and oxygen atoms in total. The molecular formula is C26H32F2N8O3. The molecule has 3 N–H and O–H groups in total. The maximum Gasteiger partial charge on any atom is 0.270 e. The minimum Gasteiger partial charge on any atom is -0.339 e. The molecule has 0 spiro atoms. The summed E-state index contributed by atoms with van der Waals surface area (Å²) < 4.78 is 29.6. The van der Waals surface area contributed by atoms with Crippen LogP contribution >= 0.6 is 0 Å². The number of amides is 2. The fourth-order valence-corrected chi connectivity index (χ4v) is 5.30. The lowest BCUT2D eigenvalue weighted by Gasteiger charge is -2.27. The SMILES string of the molecule is CC(C)n1nccc1C(=O)N[C@H](C(=O)Nc1cnn(C(CC(F)F)c2ccn[nH]c2=O)c1)C(C1CC1)C1CC1. The second-order valence-corrected chi connectivity index (χ2v) is 10.6. The van der Waals surface area contributed by atoms with E-state index < -0.39 is 36.4 Å². The second-order valence-electron chi connectivity index (χ2n) is 10.6. The number of nitrogens with zero attached hydrogens (tertiary/aromatic N) is 5. The zero-order valence-corrected chi connectivity index (χ0v) is 21.8. The van der Waals surface area contributed by atoms with Crippen molar-refractivity contribution in [3.05, 3.63) is 58.5 Å². The van der Waals surface area contributed by atoms with Gasteiger partial charge in [0.2, 0.25) is 12.3 Å². The summed E-state index contributed by atoms with van der Waals surface area (Å²) in [5.74, 6) is -0.0478. The molecule has 208 valence electrons. The number of rotatable bonds is 12. The first-order valence-electron chi connectivity index (χ1n) is 13.2. The molecule has 0 saturated heterocycles. The van der Waals surface area contributed by atoms with Crippen molar-refractivity contribution < 1.29 is 18.4 Å². The summed E-state index contributed by atoms with van der Waals surface area (Å²) in [5.41, 5.74) is 0.144. The fourth-order valence-electron chi connectivity index (χ4n) is 5.30. The van der Waals surface area contributed by atoms with Crippen LogP contribution in [0.3, 0.4) is 0 Å². The number of hydrogen-bond donors (Lipinski definition) is 3. The fraction of sp³-hybridized carbons (Fsp3) is 0.538. The van der Waals surface area contributed by atoms with Crippen LogP contribution in [0.25, 0.3) is 0 Å². The van der Waals surface area contributed by atoms with E-state index in [1.165, 1.54) is 29.3 Å². The van der Waals surface area contributed by atoms with Crippen LogP contribution in [-0.4, -0.2) is 54.0 Å². The molecule has 3 aromatic heterocycles. The highest BCUT2D eigenvalue weighted by Crippen LogP contribution is 2.51. The predicted molar refractivity (Wildman–Crippen MR) is 137 cm³/mol. The quantitative estimate of drug-likeness (QED) is 0.321. The number of carbonyl (C=O) groups excluding carboxylic acids is 2. The van der Waals surface area contributed by atoms with E-state index in [0.717, 1.165) is 25.7 Å². The van der Waals surface area contributed by atoms with E-state index in [-0.39, 0.29) is 29.1 Å². The molecule has 1 unspecified atom stereocenters. The van der Waals surface area contributed by atoms with Crippen LogP contribution in [-0.2, 0) is 4.79 Å². The number of alkyl halides is 2. The lowest BCUT2D eigenvalue weighted by atomic mass is 9.88. The van der Waals surface area contributed by atoms with Gasteiger partial charge in [0.1, 0.15) is 11.7 Å². The zero-order chi connectivity index (χ0) is 27.7. The van der Waals surface area contributed by atoms with Crippen molar-refractivity contribution in [2.75, 3.05) is 5.32 Å². The molecule has 0 radical (unpaired) electrons. The Labute approximate surface area is 223 Å². The molecule has 0 bridgehead atoms. The van der Waals surface area contributed by atoms with E-state index in [9.17, 15) is 23.2 Å². The third-order valence-corrected chi connectivity index (χ3v) is 7.38. The monoisotopic (exact) mass is 542 g/mol. The van der Waals surface area contributed by atoms with E-state index in [1.54, 1.807) is 16.9 Å². The Hall–Kier alpha value is -3.90. The van der Waals surface area contributed by atoms with E-state index in [1.807, 2.05) is 13.8 Å². The highest BCUT2D eigenvalue weighted by molar-refractivity contribution is 6.00. The largest absolute Gasteiger partial charge is 0.339 e. The van der Waals surface area contributed by atoms with Gasteiger partial charge in [0.25, 0.3) is 11.5 Å². The van der Waals surface area contributed by atoms with Gasteiger partial charge in [-0.15, -0.1) is 0 Å². The first-order valence-corrected chi connectivity index (χ1v) is 13.2. The van der Waals surface area contributed by atoms with E-state index in [2.05, 4.69) is 31.0 Å². The summed E-state index contributed by atoms with van der Waals surface area (Å²) in [4.78, 5) is 39.2. The second kappa shape index (κ2) is 11.1. The van der Waals surface area contributed by atoms with E-state index >= 15 is 0 Å². The number of carbonyl (C=O) groups is 2. The number of halogens is 2. The van der Waals surface area contributed by atoms with Gasteiger partial charge in [-0.3, -0.25) is 23.7 Å². The van der Waals surface area contributed by atoms with Gasteiger partial charge in [0, 0.05) is 36.6 Å². The smallest absolute Gasteiger partial charge is 0.270 e. The third kappa shape index (κ3) is 6.07. The molecule has 0 aromatic carbocycles. The van der Waals surface area contributed by atoms with Crippen LogP contribution in [0.1, 0.15) is 74.1 Å². The minimum absolute atomic E-state index is 0.00127. The highest BCUT2D eigenvalue weighted by atomic mass is 19.3.